The molecule has 0 radical (unpaired) electrons. The van der Waals surface area contributed by atoms with Crippen molar-refractivity contribution in [2.24, 2.45) is 0 Å². The van der Waals surface area contributed by atoms with Crippen molar-refractivity contribution in [2.45, 2.75) is 12.7 Å². The van der Waals surface area contributed by atoms with Crippen molar-refractivity contribution in [3.8, 4) is 0 Å². The third kappa shape index (κ3) is 3.39. The van der Waals surface area contributed by atoms with Crippen molar-refractivity contribution in [1.82, 2.24) is 4.98 Å². The molecule has 20 heavy (non-hydrogen) atoms. The molecular formula is C13H9ClF4N2. The fourth-order valence-corrected chi connectivity index (χ4v) is 1.90. The zero-order valence-corrected chi connectivity index (χ0v) is 10.8. The van der Waals surface area contributed by atoms with Crippen molar-refractivity contribution in [2.75, 3.05) is 5.32 Å². The van der Waals surface area contributed by atoms with Gasteiger partial charge in [0.15, 0.2) is 0 Å². The molecule has 1 heterocycles. The monoisotopic (exact) mass is 304 g/mol. The zero-order chi connectivity index (χ0) is 14.8. The Bertz CT molecular complexity index is 614. The molecule has 0 saturated heterocycles. The Morgan fingerprint density at radius 1 is 1.20 bits per heavy atom. The Labute approximate surface area is 117 Å². The summed E-state index contributed by atoms with van der Waals surface area (Å²) in [5, 5.41) is 2.16. The number of nitrogens with one attached hydrogen (secondary N) is 1. The van der Waals surface area contributed by atoms with Crippen molar-refractivity contribution in [3.05, 3.63) is 58.5 Å². The van der Waals surface area contributed by atoms with Crippen LogP contribution >= 0.6 is 11.6 Å². The van der Waals surface area contributed by atoms with Crippen LogP contribution in [-0.4, -0.2) is 4.98 Å². The lowest BCUT2D eigenvalue weighted by molar-refractivity contribution is -0.137. The second kappa shape index (κ2) is 5.66. The second-order valence-corrected chi connectivity index (χ2v) is 4.38. The Balaban J connectivity index is 2.18. The topological polar surface area (TPSA) is 24.9 Å². The second-order valence-electron chi connectivity index (χ2n) is 4.00. The molecule has 0 spiro atoms. The van der Waals surface area contributed by atoms with Crippen LogP contribution < -0.4 is 5.32 Å². The highest BCUT2D eigenvalue weighted by Gasteiger charge is 2.34. The molecule has 1 aromatic heterocycles. The number of nitrogens with zero attached hydrogens (tertiary/aromatic N) is 1. The summed E-state index contributed by atoms with van der Waals surface area (Å²) >= 11 is 5.67. The number of benzene rings is 1. The molecule has 2 nitrogen and oxygen atoms in total. The Hall–Kier alpha value is -1.82. The molecule has 0 aliphatic rings. The highest BCUT2D eigenvalue weighted by molar-refractivity contribution is 6.33. The van der Waals surface area contributed by atoms with E-state index in [0.29, 0.717) is 5.56 Å². The fourth-order valence-electron chi connectivity index (χ4n) is 1.62. The SMILES string of the molecule is Fc1cccc(CNc2nccc(C(F)(F)F)c2Cl)c1. The van der Waals surface area contributed by atoms with E-state index >= 15 is 0 Å². The van der Waals surface area contributed by atoms with Gasteiger partial charge >= 0.3 is 6.18 Å². The van der Waals surface area contributed by atoms with Gasteiger partial charge in [-0.15, -0.1) is 0 Å². The van der Waals surface area contributed by atoms with Crippen LogP contribution in [0, 0.1) is 5.82 Å². The quantitative estimate of drug-likeness (QED) is 0.844. The summed E-state index contributed by atoms with van der Waals surface area (Å²) in [5.74, 6) is -0.516. The van der Waals surface area contributed by atoms with Gasteiger partial charge in [-0.3, -0.25) is 0 Å². The molecule has 1 aromatic carbocycles. The third-order valence-electron chi connectivity index (χ3n) is 2.54. The summed E-state index contributed by atoms with van der Waals surface area (Å²) in [4.78, 5) is 3.75. The lowest BCUT2D eigenvalue weighted by atomic mass is 10.2. The minimum Gasteiger partial charge on any atom is -0.365 e. The molecule has 0 atom stereocenters. The van der Waals surface area contributed by atoms with Gasteiger partial charge in [-0.1, -0.05) is 23.7 Å². The molecule has 0 fully saturated rings. The molecule has 0 amide bonds. The van der Waals surface area contributed by atoms with E-state index in [9.17, 15) is 17.6 Å². The maximum absolute atomic E-state index is 13.0. The summed E-state index contributed by atoms with van der Waals surface area (Å²) in [7, 11) is 0. The fraction of sp³-hybridized carbons (Fsp3) is 0.154. The van der Waals surface area contributed by atoms with Crippen molar-refractivity contribution >= 4 is 17.4 Å². The number of hydrogen-bond acceptors (Lipinski definition) is 2. The van der Waals surface area contributed by atoms with Crippen LogP contribution in [0.3, 0.4) is 0 Å². The summed E-state index contributed by atoms with van der Waals surface area (Å²) in [6.07, 6.45) is -3.53. The van der Waals surface area contributed by atoms with Crippen LogP contribution in [0.25, 0.3) is 0 Å². The number of rotatable bonds is 3. The van der Waals surface area contributed by atoms with Crippen molar-refractivity contribution in [1.29, 1.82) is 0 Å². The highest BCUT2D eigenvalue weighted by Crippen LogP contribution is 2.37. The average molecular weight is 305 g/mol. The van der Waals surface area contributed by atoms with Crippen LogP contribution in [0.1, 0.15) is 11.1 Å². The largest absolute Gasteiger partial charge is 0.418 e. The first-order chi connectivity index (χ1) is 9.38. The van der Waals surface area contributed by atoms with Crippen molar-refractivity contribution < 1.29 is 17.6 Å². The molecule has 0 aliphatic heterocycles. The summed E-state index contributed by atoms with van der Waals surface area (Å²) < 4.78 is 50.9. The number of aromatic nitrogens is 1. The normalized spacial score (nSPS) is 11.4. The minimum atomic E-state index is -4.55. The Morgan fingerprint density at radius 3 is 2.60 bits per heavy atom. The lowest BCUT2D eigenvalue weighted by Crippen LogP contribution is -2.09. The zero-order valence-electron chi connectivity index (χ0n) is 10.0. The van der Waals surface area contributed by atoms with E-state index < -0.39 is 22.6 Å². The molecule has 7 heteroatoms. The Kier molecular flexibility index (Phi) is 4.13. The minimum absolute atomic E-state index is 0.0919. The number of alkyl halides is 3. The molecule has 1 N–H and O–H groups in total. The van der Waals surface area contributed by atoms with E-state index in [2.05, 4.69) is 10.3 Å². The smallest absolute Gasteiger partial charge is 0.365 e. The summed E-state index contributed by atoms with van der Waals surface area (Å²) in [5.41, 5.74) is -0.392. The van der Waals surface area contributed by atoms with Crippen LogP contribution in [0.5, 0.6) is 0 Å². The molecular weight excluding hydrogens is 296 g/mol. The molecule has 2 rings (SSSR count). The number of pyridine rings is 1. The van der Waals surface area contributed by atoms with Gasteiger partial charge in [-0.25, -0.2) is 9.37 Å². The molecule has 0 bridgehead atoms. The average Bonchev–Trinajstić information content (AvgIpc) is 2.36. The van der Waals surface area contributed by atoms with Gasteiger partial charge in [0.1, 0.15) is 11.6 Å². The predicted molar refractivity (Wildman–Crippen MR) is 68.0 cm³/mol. The van der Waals surface area contributed by atoms with Gasteiger partial charge < -0.3 is 5.32 Å². The van der Waals surface area contributed by atoms with Gasteiger partial charge in [-0.05, 0) is 23.8 Å². The van der Waals surface area contributed by atoms with Gasteiger partial charge in [-0.2, -0.15) is 13.2 Å². The first-order valence-electron chi connectivity index (χ1n) is 5.58. The van der Waals surface area contributed by atoms with Crippen molar-refractivity contribution in [3.63, 3.8) is 0 Å². The molecule has 0 unspecified atom stereocenters. The summed E-state index contributed by atoms with van der Waals surface area (Å²) in [6.45, 7) is 0.117. The Morgan fingerprint density at radius 2 is 1.95 bits per heavy atom. The standard InChI is InChI=1S/C13H9ClF4N2/c14-11-10(13(16,17)18)4-5-19-12(11)20-7-8-2-1-3-9(15)6-8/h1-6H,7H2,(H,19,20). The van der Waals surface area contributed by atoms with Crippen LogP contribution in [0.15, 0.2) is 36.5 Å². The van der Waals surface area contributed by atoms with Crippen LogP contribution in [0.4, 0.5) is 23.4 Å². The maximum atomic E-state index is 13.0. The van der Waals surface area contributed by atoms with Gasteiger partial charge in [0, 0.05) is 12.7 Å². The van der Waals surface area contributed by atoms with E-state index in [4.69, 9.17) is 11.6 Å². The first-order valence-corrected chi connectivity index (χ1v) is 5.96. The highest BCUT2D eigenvalue weighted by atomic mass is 35.5. The lowest BCUT2D eigenvalue weighted by Gasteiger charge is -2.12. The van der Waals surface area contributed by atoms with Gasteiger partial charge in [0.05, 0.1) is 10.6 Å². The van der Waals surface area contributed by atoms with E-state index in [1.54, 1.807) is 6.07 Å². The molecule has 106 valence electrons. The molecule has 0 saturated carbocycles. The van der Waals surface area contributed by atoms with Gasteiger partial charge in [0.25, 0.3) is 0 Å². The van der Waals surface area contributed by atoms with E-state index in [1.165, 1.54) is 18.2 Å². The number of halogens is 5. The maximum Gasteiger partial charge on any atom is 0.418 e. The van der Waals surface area contributed by atoms with E-state index in [-0.39, 0.29) is 12.4 Å². The van der Waals surface area contributed by atoms with E-state index in [0.717, 1.165) is 12.3 Å². The van der Waals surface area contributed by atoms with Gasteiger partial charge in [0.2, 0.25) is 0 Å². The first kappa shape index (κ1) is 14.6. The van der Waals surface area contributed by atoms with E-state index in [1.807, 2.05) is 0 Å². The third-order valence-corrected chi connectivity index (χ3v) is 2.93. The predicted octanol–water partition coefficient (Wildman–Crippen LogP) is 4.51. The van der Waals surface area contributed by atoms with Crippen LogP contribution in [0.2, 0.25) is 5.02 Å². The summed E-state index contributed by atoms with van der Waals surface area (Å²) in [6, 6.07) is 6.49. The number of anilines is 1. The van der Waals surface area contributed by atoms with Crippen LogP contribution in [-0.2, 0) is 12.7 Å². The number of hydrogen-bond donors (Lipinski definition) is 1. The molecule has 0 aliphatic carbocycles. The molecule has 2 aromatic rings.